The Morgan fingerprint density at radius 3 is 2.45 bits per heavy atom. The summed E-state index contributed by atoms with van der Waals surface area (Å²) in [6.07, 6.45) is 2.24. The minimum absolute atomic E-state index is 0.237. The fraction of sp³-hybridized carbons (Fsp3) is 0.294. The third-order valence-electron chi connectivity index (χ3n) is 3.40. The molecule has 0 bridgehead atoms. The van der Waals surface area contributed by atoms with Crippen molar-refractivity contribution in [2.75, 3.05) is 7.11 Å². The second kappa shape index (κ2) is 6.78. The van der Waals surface area contributed by atoms with Crippen LogP contribution in [-0.4, -0.2) is 7.11 Å². The minimum atomic E-state index is -0.237. The molecule has 0 aliphatic rings. The average molecular weight is 290 g/mol. The second-order valence-corrected chi connectivity index (χ2v) is 5.29. The highest BCUT2D eigenvalue weighted by atomic mass is 35.5. The molecule has 2 rings (SSSR count). The summed E-state index contributed by atoms with van der Waals surface area (Å²) in [6, 6.07) is 13.7. The molecule has 0 aliphatic heterocycles. The van der Waals surface area contributed by atoms with Crippen LogP contribution >= 0.6 is 11.6 Å². The van der Waals surface area contributed by atoms with E-state index in [4.69, 9.17) is 22.1 Å². The van der Waals surface area contributed by atoms with Gasteiger partial charge in [0.2, 0.25) is 0 Å². The summed E-state index contributed by atoms with van der Waals surface area (Å²) in [7, 11) is 1.64. The summed E-state index contributed by atoms with van der Waals surface area (Å²) < 4.78 is 5.37. The van der Waals surface area contributed by atoms with Gasteiger partial charge in [-0.3, -0.25) is 0 Å². The summed E-state index contributed by atoms with van der Waals surface area (Å²) in [5.74, 6) is 0.763. The first-order chi connectivity index (χ1) is 9.65. The number of hydrogen-bond donors (Lipinski definition) is 1. The quantitative estimate of drug-likeness (QED) is 0.888. The van der Waals surface area contributed by atoms with Crippen molar-refractivity contribution in [2.45, 2.75) is 25.8 Å². The molecular formula is C17H20ClNO. The van der Waals surface area contributed by atoms with E-state index in [1.807, 2.05) is 12.1 Å². The molecular weight excluding hydrogens is 270 g/mol. The third-order valence-corrected chi connectivity index (χ3v) is 3.64. The summed E-state index contributed by atoms with van der Waals surface area (Å²) >= 11 is 6.06. The van der Waals surface area contributed by atoms with Crippen LogP contribution in [0.4, 0.5) is 0 Å². The third kappa shape index (κ3) is 3.33. The normalized spacial score (nSPS) is 12.2. The largest absolute Gasteiger partial charge is 0.496 e. The predicted octanol–water partition coefficient (Wildman–Crippen LogP) is 4.35. The molecule has 1 atom stereocenters. The molecule has 2 aromatic carbocycles. The van der Waals surface area contributed by atoms with Crippen molar-refractivity contribution in [3.8, 4) is 5.75 Å². The first-order valence-electron chi connectivity index (χ1n) is 6.83. The summed E-state index contributed by atoms with van der Waals surface area (Å²) in [5.41, 5.74) is 9.65. The molecule has 20 heavy (non-hydrogen) atoms. The smallest absolute Gasteiger partial charge is 0.124 e. The fourth-order valence-electron chi connectivity index (χ4n) is 2.31. The monoisotopic (exact) mass is 289 g/mol. The molecule has 0 fully saturated rings. The van der Waals surface area contributed by atoms with Crippen molar-refractivity contribution in [3.63, 3.8) is 0 Å². The number of nitrogens with two attached hydrogens (primary N) is 1. The molecule has 0 heterocycles. The van der Waals surface area contributed by atoms with E-state index in [0.717, 1.165) is 29.7 Å². The van der Waals surface area contributed by atoms with Gasteiger partial charge in [-0.1, -0.05) is 49.2 Å². The van der Waals surface area contributed by atoms with E-state index in [-0.39, 0.29) is 6.04 Å². The van der Waals surface area contributed by atoms with Gasteiger partial charge in [-0.25, -0.2) is 0 Å². The molecule has 0 spiro atoms. The summed E-state index contributed by atoms with van der Waals surface area (Å²) in [5, 5.41) is 0.666. The van der Waals surface area contributed by atoms with Gasteiger partial charge in [-0.05, 0) is 35.7 Å². The van der Waals surface area contributed by atoms with Crippen LogP contribution < -0.4 is 10.5 Å². The lowest BCUT2D eigenvalue weighted by molar-refractivity contribution is 0.408. The van der Waals surface area contributed by atoms with Gasteiger partial charge >= 0.3 is 0 Å². The van der Waals surface area contributed by atoms with E-state index in [1.165, 1.54) is 5.56 Å². The number of benzene rings is 2. The van der Waals surface area contributed by atoms with E-state index in [0.29, 0.717) is 5.02 Å². The zero-order valence-electron chi connectivity index (χ0n) is 11.9. The van der Waals surface area contributed by atoms with Gasteiger partial charge in [0, 0.05) is 10.6 Å². The summed E-state index contributed by atoms with van der Waals surface area (Å²) in [6.45, 7) is 2.18. The number of halogens is 1. The lowest BCUT2D eigenvalue weighted by atomic mass is 9.97. The Labute approximate surface area is 125 Å². The number of methoxy groups -OCH3 is 1. The fourth-order valence-corrected chi connectivity index (χ4v) is 2.49. The highest BCUT2D eigenvalue weighted by Crippen LogP contribution is 2.30. The number of ether oxygens (including phenoxy) is 1. The van der Waals surface area contributed by atoms with Crippen LogP contribution in [0.15, 0.2) is 42.5 Å². The van der Waals surface area contributed by atoms with Gasteiger partial charge in [0.25, 0.3) is 0 Å². The van der Waals surface area contributed by atoms with Crippen molar-refractivity contribution in [2.24, 2.45) is 5.73 Å². The lowest BCUT2D eigenvalue weighted by Crippen LogP contribution is -2.13. The predicted molar refractivity (Wildman–Crippen MR) is 84.5 cm³/mol. The Morgan fingerprint density at radius 1 is 1.15 bits per heavy atom. The highest BCUT2D eigenvalue weighted by molar-refractivity contribution is 6.30. The van der Waals surface area contributed by atoms with E-state index >= 15 is 0 Å². The molecule has 0 aliphatic carbocycles. The zero-order chi connectivity index (χ0) is 14.5. The van der Waals surface area contributed by atoms with E-state index < -0.39 is 0 Å². The second-order valence-electron chi connectivity index (χ2n) is 4.86. The Balaban J connectivity index is 2.30. The van der Waals surface area contributed by atoms with Crippen LogP contribution in [0.3, 0.4) is 0 Å². The van der Waals surface area contributed by atoms with E-state index in [9.17, 15) is 0 Å². The maximum absolute atomic E-state index is 6.35. The SMILES string of the molecule is CCCc1ccc(C(N)c2cc(Cl)ccc2OC)cc1. The van der Waals surface area contributed by atoms with Crippen molar-refractivity contribution in [1.82, 2.24) is 0 Å². The molecule has 2 nitrogen and oxygen atoms in total. The van der Waals surface area contributed by atoms with Gasteiger partial charge in [0.05, 0.1) is 13.2 Å². The minimum Gasteiger partial charge on any atom is -0.496 e. The molecule has 0 amide bonds. The van der Waals surface area contributed by atoms with Crippen molar-refractivity contribution in [3.05, 3.63) is 64.2 Å². The van der Waals surface area contributed by atoms with Gasteiger partial charge in [-0.2, -0.15) is 0 Å². The molecule has 2 aromatic rings. The van der Waals surface area contributed by atoms with Gasteiger partial charge in [-0.15, -0.1) is 0 Å². The van der Waals surface area contributed by atoms with Crippen LogP contribution in [-0.2, 0) is 6.42 Å². The Kier molecular flexibility index (Phi) is 5.05. The van der Waals surface area contributed by atoms with Crippen LogP contribution in [0.2, 0.25) is 5.02 Å². The first-order valence-corrected chi connectivity index (χ1v) is 7.21. The number of hydrogen-bond acceptors (Lipinski definition) is 2. The van der Waals surface area contributed by atoms with Gasteiger partial charge < -0.3 is 10.5 Å². The molecule has 106 valence electrons. The Bertz CT molecular complexity index is 566. The van der Waals surface area contributed by atoms with E-state index in [1.54, 1.807) is 13.2 Å². The van der Waals surface area contributed by atoms with Crippen molar-refractivity contribution < 1.29 is 4.74 Å². The van der Waals surface area contributed by atoms with Crippen LogP contribution in [0.25, 0.3) is 0 Å². The molecule has 0 saturated heterocycles. The van der Waals surface area contributed by atoms with E-state index in [2.05, 4.69) is 31.2 Å². The van der Waals surface area contributed by atoms with Crippen LogP contribution in [0, 0.1) is 0 Å². The van der Waals surface area contributed by atoms with Crippen molar-refractivity contribution >= 4 is 11.6 Å². The standard InChI is InChI=1S/C17H20ClNO/c1-3-4-12-5-7-13(8-6-12)17(19)15-11-14(18)9-10-16(15)20-2/h5-11,17H,3-4,19H2,1-2H3. The number of aryl methyl sites for hydroxylation is 1. The van der Waals surface area contributed by atoms with Crippen LogP contribution in [0.5, 0.6) is 5.75 Å². The molecule has 0 aromatic heterocycles. The van der Waals surface area contributed by atoms with Crippen LogP contribution in [0.1, 0.15) is 36.1 Å². The lowest BCUT2D eigenvalue weighted by Gasteiger charge is -2.17. The molecule has 0 saturated carbocycles. The van der Waals surface area contributed by atoms with Crippen molar-refractivity contribution in [1.29, 1.82) is 0 Å². The molecule has 0 radical (unpaired) electrons. The first kappa shape index (κ1) is 14.9. The zero-order valence-corrected chi connectivity index (χ0v) is 12.7. The van der Waals surface area contributed by atoms with Gasteiger partial charge in [0.1, 0.15) is 5.75 Å². The molecule has 2 N–H and O–H groups in total. The van der Waals surface area contributed by atoms with Gasteiger partial charge in [0.15, 0.2) is 0 Å². The Morgan fingerprint density at radius 2 is 1.85 bits per heavy atom. The maximum atomic E-state index is 6.35. The summed E-state index contributed by atoms with van der Waals surface area (Å²) in [4.78, 5) is 0. The Hall–Kier alpha value is -1.51. The highest BCUT2D eigenvalue weighted by Gasteiger charge is 2.14. The number of rotatable bonds is 5. The topological polar surface area (TPSA) is 35.2 Å². The molecule has 3 heteroatoms. The maximum Gasteiger partial charge on any atom is 0.124 e. The average Bonchev–Trinajstić information content (AvgIpc) is 2.47. The molecule has 1 unspecified atom stereocenters.